The maximum atomic E-state index is 11.7. The van der Waals surface area contributed by atoms with Crippen molar-refractivity contribution in [3.05, 3.63) is 42.0 Å². The third-order valence-electron chi connectivity index (χ3n) is 1.77. The zero-order valence-electron chi connectivity index (χ0n) is 8.48. The lowest BCUT2D eigenvalue weighted by molar-refractivity contribution is 0.342. The average Bonchev–Trinajstić information content (AvgIpc) is 2.17. The minimum Gasteiger partial charge on any atom is -0.262 e. The first-order valence-electron chi connectivity index (χ1n) is 4.39. The van der Waals surface area contributed by atoms with Crippen LogP contribution in [0, 0.1) is 6.92 Å². The van der Waals surface area contributed by atoms with Gasteiger partial charge in [-0.25, -0.2) is 0 Å². The van der Waals surface area contributed by atoms with Gasteiger partial charge in [0.2, 0.25) is 0 Å². The van der Waals surface area contributed by atoms with E-state index >= 15 is 0 Å². The van der Waals surface area contributed by atoms with Gasteiger partial charge < -0.3 is 0 Å². The van der Waals surface area contributed by atoms with Crippen molar-refractivity contribution in [3.8, 4) is 0 Å². The molecule has 3 nitrogen and oxygen atoms in total. The molecule has 0 aliphatic carbocycles. The Morgan fingerprint density at radius 3 is 2.38 bits per heavy atom. The van der Waals surface area contributed by atoms with Crippen molar-refractivity contribution in [2.75, 3.05) is 6.61 Å². The average molecular weight is 248 g/mol. The summed E-state index contributed by atoms with van der Waals surface area (Å²) in [5.41, 5.74) is 0.897. The van der Waals surface area contributed by atoms with Crippen LogP contribution in [0.1, 0.15) is 5.56 Å². The Labute approximate surface area is 92.5 Å². The van der Waals surface area contributed by atoms with Gasteiger partial charge in [-0.2, -0.15) is 17.2 Å². The van der Waals surface area contributed by atoms with Crippen molar-refractivity contribution in [1.29, 1.82) is 0 Å². The fourth-order valence-corrected chi connectivity index (χ4v) is 1.81. The lowest BCUT2D eigenvalue weighted by Crippen LogP contribution is -2.06. The molecular weight excluding hydrogens is 238 g/mol. The van der Waals surface area contributed by atoms with Gasteiger partial charge in [0.25, 0.3) is 16.2 Å². The monoisotopic (exact) mass is 248 g/mol. The predicted molar refractivity (Wildman–Crippen MR) is 54.6 cm³/mol. The summed E-state index contributed by atoms with van der Waals surface area (Å²) in [6.45, 7) is 1.14. The van der Waals surface area contributed by atoms with Gasteiger partial charge in [0.1, 0.15) is 0 Å². The van der Waals surface area contributed by atoms with E-state index in [2.05, 4.69) is 4.18 Å². The van der Waals surface area contributed by atoms with E-state index in [9.17, 15) is 17.2 Å². The van der Waals surface area contributed by atoms with E-state index in [1.165, 1.54) is 12.1 Å². The van der Waals surface area contributed by atoms with Crippen LogP contribution >= 0.6 is 0 Å². The molecule has 0 spiro atoms. The van der Waals surface area contributed by atoms with Gasteiger partial charge in [0.15, 0.2) is 0 Å². The van der Waals surface area contributed by atoms with Crippen LogP contribution in [0.15, 0.2) is 41.3 Å². The molecule has 0 saturated heterocycles. The molecule has 0 N–H and O–H groups in total. The van der Waals surface area contributed by atoms with E-state index in [4.69, 9.17) is 0 Å². The molecule has 6 heteroatoms. The van der Waals surface area contributed by atoms with E-state index in [-0.39, 0.29) is 4.90 Å². The first-order valence-corrected chi connectivity index (χ1v) is 5.80. The summed E-state index contributed by atoms with van der Waals surface area (Å²) >= 11 is 0. The van der Waals surface area contributed by atoms with Gasteiger partial charge in [-0.15, -0.1) is 0 Å². The molecule has 1 rings (SSSR count). The van der Waals surface area contributed by atoms with Crippen molar-refractivity contribution in [1.82, 2.24) is 0 Å². The summed E-state index contributed by atoms with van der Waals surface area (Å²) in [4.78, 5) is -0.0502. The second kappa shape index (κ2) is 5.18. The fourth-order valence-electron chi connectivity index (χ4n) is 0.960. The van der Waals surface area contributed by atoms with Gasteiger partial charge in [-0.05, 0) is 19.1 Å². The Hall–Kier alpha value is -1.27. The molecule has 0 unspecified atom stereocenters. The molecule has 88 valence electrons. The second-order valence-corrected chi connectivity index (χ2v) is 4.66. The van der Waals surface area contributed by atoms with Gasteiger partial charge in [-0.3, -0.25) is 4.18 Å². The number of hydrogen-bond donors (Lipinski definition) is 0. The normalized spacial score (nSPS) is 11.2. The largest absolute Gasteiger partial charge is 0.297 e. The van der Waals surface area contributed by atoms with E-state index in [1.54, 1.807) is 19.1 Å². The molecule has 0 saturated carbocycles. The van der Waals surface area contributed by atoms with Crippen LogP contribution < -0.4 is 0 Å². The van der Waals surface area contributed by atoms with Gasteiger partial charge in [0, 0.05) is 6.08 Å². The van der Waals surface area contributed by atoms with Crippen molar-refractivity contribution in [2.45, 2.75) is 11.8 Å². The van der Waals surface area contributed by atoms with Crippen LogP contribution in [0.3, 0.4) is 0 Å². The van der Waals surface area contributed by atoms with Crippen LogP contribution in [-0.4, -0.2) is 15.0 Å². The van der Waals surface area contributed by atoms with E-state index in [0.717, 1.165) is 5.56 Å². The Kier molecular flexibility index (Phi) is 4.14. The zero-order chi connectivity index (χ0) is 12.2. The summed E-state index contributed by atoms with van der Waals surface area (Å²) in [5.74, 6) is 0. The second-order valence-electron chi connectivity index (χ2n) is 3.05. The first-order chi connectivity index (χ1) is 7.42. The van der Waals surface area contributed by atoms with Crippen molar-refractivity contribution < 1.29 is 21.4 Å². The number of halogens is 2. The summed E-state index contributed by atoms with van der Waals surface area (Å²) in [6.07, 6.45) is -1.58. The van der Waals surface area contributed by atoms with Crippen LogP contribution in [-0.2, 0) is 14.3 Å². The topological polar surface area (TPSA) is 43.4 Å². The van der Waals surface area contributed by atoms with Gasteiger partial charge >= 0.3 is 0 Å². The van der Waals surface area contributed by atoms with Crippen molar-refractivity contribution in [3.63, 3.8) is 0 Å². The third kappa shape index (κ3) is 3.71. The molecule has 0 fully saturated rings. The number of hydrogen-bond acceptors (Lipinski definition) is 3. The van der Waals surface area contributed by atoms with E-state index in [1.807, 2.05) is 0 Å². The fraction of sp³-hybridized carbons (Fsp3) is 0.200. The highest BCUT2D eigenvalue weighted by Gasteiger charge is 2.13. The third-order valence-corrected chi connectivity index (χ3v) is 3.07. The minimum absolute atomic E-state index is 0.0502. The molecule has 0 atom stereocenters. The van der Waals surface area contributed by atoms with E-state index < -0.39 is 22.8 Å². The molecule has 0 amide bonds. The Bertz CT molecular complexity index is 473. The molecule has 0 aliphatic rings. The van der Waals surface area contributed by atoms with Crippen molar-refractivity contribution >= 4 is 10.1 Å². The molecule has 0 heterocycles. The first kappa shape index (κ1) is 12.8. The Balaban J connectivity index is 2.78. The van der Waals surface area contributed by atoms with Crippen LogP contribution in [0.25, 0.3) is 0 Å². The molecular formula is C10H10F2O3S. The minimum atomic E-state index is -3.95. The molecule has 16 heavy (non-hydrogen) atoms. The highest BCUT2D eigenvalue weighted by Crippen LogP contribution is 2.13. The molecule has 1 aromatic carbocycles. The van der Waals surface area contributed by atoms with Crippen molar-refractivity contribution in [2.24, 2.45) is 0 Å². The smallest absolute Gasteiger partial charge is 0.262 e. The highest BCUT2D eigenvalue weighted by molar-refractivity contribution is 7.86. The van der Waals surface area contributed by atoms with E-state index in [0.29, 0.717) is 6.08 Å². The van der Waals surface area contributed by atoms with Crippen LogP contribution in [0.5, 0.6) is 0 Å². The predicted octanol–water partition coefficient (Wildman–Crippen LogP) is 2.48. The van der Waals surface area contributed by atoms with Gasteiger partial charge in [0.05, 0.1) is 11.5 Å². The molecule has 0 aliphatic heterocycles. The van der Waals surface area contributed by atoms with Crippen LogP contribution in [0.2, 0.25) is 0 Å². The Morgan fingerprint density at radius 1 is 1.31 bits per heavy atom. The zero-order valence-corrected chi connectivity index (χ0v) is 9.30. The lowest BCUT2D eigenvalue weighted by Gasteiger charge is -2.03. The number of aryl methyl sites for hydroxylation is 1. The molecule has 1 aromatic rings. The molecule has 0 bridgehead atoms. The maximum absolute atomic E-state index is 11.7. The number of benzene rings is 1. The standard InChI is InChI=1S/C10H10F2O3S/c1-8-2-4-9(5-3-8)16(13,14)15-7-6-10(11)12/h2-6H,7H2,1H3. The lowest BCUT2D eigenvalue weighted by atomic mass is 10.2. The summed E-state index contributed by atoms with van der Waals surface area (Å²) in [5, 5.41) is 0. The quantitative estimate of drug-likeness (QED) is 0.769. The summed E-state index contributed by atoms with van der Waals surface area (Å²) in [7, 11) is -3.95. The summed E-state index contributed by atoms with van der Waals surface area (Å²) < 4.78 is 50.5. The molecule has 0 aromatic heterocycles. The van der Waals surface area contributed by atoms with Gasteiger partial charge in [-0.1, -0.05) is 17.7 Å². The number of rotatable bonds is 4. The Morgan fingerprint density at radius 2 is 1.88 bits per heavy atom. The SMILES string of the molecule is Cc1ccc(S(=O)(=O)OCC=C(F)F)cc1. The van der Waals surface area contributed by atoms with Crippen LogP contribution in [0.4, 0.5) is 8.78 Å². The summed E-state index contributed by atoms with van der Waals surface area (Å²) in [6, 6.07) is 5.92. The maximum Gasteiger partial charge on any atom is 0.297 e. The molecule has 0 radical (unpaired) electrons. The highest BCUT2D eigenvalue weighted by atomic mass is 32.2.